The standard InChI is InChI=1S/C14H13F2N3O/c1-3-17-13-12(16)8-18-14(19-13)20-9(2)10-4-6-11(15)7-5-10/h3-9H,1-2H3/b17-3+. The number of hydrogen-bond acceptors (Lipinski definition) is 4. The zero-order chi connectivity index (χ0) is 14.5. The molecule has 1 atom stereocenters. The largest absolute Gasteiger partial charge is 0.456 e. The van der Waals surface area contributed by atoms with Gasteiger partial charge in [-0.3, -0.25) is 0 Å². The number of rotatable bonds is 4. The van der Waals surface area contributed by atoms with Crippen molar-refractivity contribution < 1.29 is 13.5 Å². The van der Waals surface area contributed by atoms with Crippen LogP contribution in [0.5, 0.6) is 6.01 Å². The number of ether oxygens (including phenoxy) is 1. The number of benzene rings is 1. The van der Waals surface area contributed by atoms with E-state index in [0.29, 0.717) is 0 Å². The maximum absolute atomic E-state index is 13.3. The molecule has 0 saturated carbocycles. The number of aliphatic imine (C=N–C) groups is 1. The van der Waals surface area contributed by atoms with Crippen LogP contribution in [-0.2, 0) is 0 Å². The van der Waals surface area contributed by atoms with E-state index in [-0.39, 0.29) is 23.7 Å². The molecule has 0 aliphatic rings. The molecular formula is C14H13F2N3O. The zero-order valence-electron chi connectivity index (χ0n) is 11.0. The van der Waals surface area contributed by atoms with Crippen molar-refractivity contribution in [2.45, 2.75) is 20.0 Å². The first-order chi connectivity index (χ1) is 9.60. The molecule has 0 N–H and O–H groups in total. The van der Waals surface area contributed by atoms with Crippen molar-refractivity contribution in [1.82, 2.24) is 9.97 Å². The van der Waals surface area contributed by atoms with Gasteiger partial charge in [0.15, 0.2) is 11.6 Å². The van der Waals surface area contributed by atoms with E-state index < -0.39 is 5.82 Å². The molecular weight excluding hydrogens is 264 g/mol. The van der Waals surface area contributed by atoms with Crippen LogP contribution in [0.3, 0.4) is 0 Å². The maximum atomic E-state index is 13.3. The van der Waals surface area contributed by atoms with Crippen LogP contribution in [0.15, 0.2) is 35.5 Å². The van der Waals surface area contributed by atoms with Gasteiger partial charge in [-0.05, 0) is 31.5 Å². The highest BCUT2D eigenvalue weighted by Gasteiger charge is 2.11. The second-order valence-electron chi connectivity index (χ2n) is 4.02. The lowest BCUT2D eigenvalue weighted by Gasteiger charge is -2.13. The molecule has 6 heteroatoms. The molecule has 2 rings (SSSR count). The molecule has 104 valence electrons. The molecule has 0 amide bonds. The predicted molar refractivity (Wildman–Crippen MR) is 71.3 cm³/mol. The molecule has 2 aromatic rings. The van der Waals surface area contributed by atoms with Gasteiger partial charge in [-0.15, -0.1) is 0 Å². The lowest BCUT2D eigenvalue weighted by molar-refractivity contribution is 0.206. The average molecular weight is 277 g/mol. The normalized spacial score (nSPS) is 12.6. The van der Waals surface area contributed by atoms with Crippen molar-refractivity contribution in [1.29, 1.82) is 0 Å². The monoisotopic (exact) mass is 277 g/mol. The zero-order valence-corrected chi connectivity index (χ0v) is 11.0. The molecule has 0 radical (unpaired) electrons. The van der Waals surface area contributed by atoms with Crippen LogP contribution in [0.4, 0.5) is 14.6 Å². The molecule has 0 aliphatic carbocycles. The van der Waals surface area contributed by atoms with Crippen molar-refractivity contribution in [3.63, 3.8) is 0 Å². The fraction of sp³-hybridized carbons (Fsp3) is 0.214. The predicted octanol–water partition coefficient (Wildman–Crippen LogP) is 3.62. The van der Waals surface area contributed by atoms with Gasteiger partial charge < -0.3 is 4.74 Å². The number of nitrogens with zero attached hydrogens (tertiary/aromatic N) is 3. The second kappa shape index (κ2) is 6.18. The number of halogens is 2. The van der Waals surface area contributed by atoms with Crippen molar-refractivity contribution in [2.75, 3.05) is 0 Å². The quantitative estimate of drug-likeness (QED) is 0.802. The molecule has 1 unspecified atom stereocenters. The van der Waals surface area contributed by atoms with E-state index in [0.717, 1.165) is 11.8 Å². The molecule has 0 saturated heterocycles. The van der Waals surface area contributed by atoms with Crippen LogP contribution in [0, 0.1) is 11.6 Å². The molecule has 1 aromatic heterocycles. The summed E-state index contributed by atoms with van der Waals surface area (Å²) in [4.78, 5) is 11.4. The Morgan fingerprint density at radius 3 is 2.60 bits per heavy atom. The Morgan fingerprint density at radius 1 is 1.25 bits per heavy atom. The van der Waals surface area contributed by atoms with Crippen LogP contribution in [0.25, 0.3) is 0 Å². The SMILES string of the molecule is C/C=N/c1nc(OC(C)c2ccc(F)cc2)ncc1F. The third kappa shape index (κ3) is 3.34. The van der Waals surface area contributed by atoms with Crippen molar-refractivity contribution in [3.05, 3.63) is 47.7 Å². The Balaban J connectivity index is 2.17. The molecule has 20 heavy (non-hydrogen) atoms. The summed E-state index contributed by atoms with van der Waals surface area (Å²) in [5.41, 5.74) is 0.764. The first-order valence-electron chi connectivity index (χ1n) is 6.03. The first-order valence-corrected chi connectivity index (χ1v) is 6.03. The summed E-state index contributed by atoms with van der Waals surface area (Å²) in [6.45, 7) is 3.42. The fourth-order valence-corrected chi connectivity index (χ4v) is 1.57. The number of aromatic nitrogens is 2. The molecule has 0 bridgehead atoms. The Kier molecular flexibility index (Phi) is 4.34. The van der Waals surface area contributed by atoms with Gasteiger partial charge in [0.05, 0.1) is 6.20 Å². The highest BCUT2D eigenvalue weighted by Crippen LogP contribution is 2.22. The summed E-state index contributed by atoms with van der Waals surface area (Å²) in [5, 5.41) is 0. The molecule has 1 aromatic carbocycles. The van der Waals surface area contributed by atoms with E-state index in [1.807, 2.05) is 0 Å². The Hall–Kier alpha value is -2.37. The van der Waals surface area contributed by atoms with Crippen molar-refractivity contribution >= 4 is 12.0 Å². The molecule has 0 aliphatic heterocycles. The van der Waals surface area contributed by atoms with Crippen LogP contribution in [0.1, 0.15) is 25.5 Å². The number of hydrogen-bond donors (Lipinski definition) is 0. The molecule has 1 heterocycles. The van der Waals surface area contributed by atoms with Gasteiger partial charge in [-0.25, -0.2) is 18.8 Å². The van der Waals surface area contributed by atoms with E-state index in [2.05, 4.69) is 15.0 Å². The maximum Gasteiger partial charge on any atom is 0.319 e. The minimum absolute atomic E-state index is 0.0174. The van der Waals surface area contributed by atoms with Gasteiger partial charge in [0.2, 0.25) is 0 Å². The van der Waals surface area contributed by atoms with E-state index in [4.69, 9.17) is 4.74 Å². The average Bonchev–Trinajstić information content (AvgIpc) is 2.43. The van der Waals surface area contributed by atoms with E-state index in [1.165, 1.54) is 18.3 Å². The van der Waals surface area contributed by atoms with E-state index in [9.17, 15) is 8.78 Å². The lowest BCUT2D eigenvalue weighted by Crippen LogP contribution is -2.06. The van der Waals surface area contributed by atoms with E-state index >= 15 is 0 Å². The summed E-state index contributed by atoms with van der Waals surface area (Å²) in [6.07, 6.45) is 2.04. The third-order valence-electron chi connectivity index (χ3n) is 2.58. The third-order valence-corrected chi connectivity index (χ3v) is 2.58. The van der Waals surface area contributed by atoms with Crippen molar-refractivity contribution in [2.24, 2.45) is 4.99 Å². The van der Waals surface area contributed by atoms with Gasteiger partial charge in [-0.2, -0.15) is 4.98 Å². The van der Waals surface area contributed by atoms with Crippen LogP contribution in [-0.4, -0.2) is 16.2 Å². The van der Waals surface area contributed by atoms with E-state index in [1.54, 1.807) is 26.0 Å². The summed E-state index contributed by atoms with van der Waals surface area (Å²) >= 11 is 0. The molecule has 4 nitrogen and oxygen atoms in total. The van der Waals surface area contributed by atoms with Gasteiger partial charge in [0.25, 0.3) is 0 Å². The second-order valence-corrected chi connectivity index (χ2v) is 4.02. The topological polar surface area (TPSA) is 47.4 Å². The van der Waals surface area contributed by atoms with Crippen LogP contribution < -0.4 is 4.74 Å². The smallest absolute Gasteiger partial charge is 0.319 e. The van der Waals surface area contributed by atoms with Crippen LogP contribution in [0.2, 0.25) is 0 Å². The summed E-state index contributed by atoms with van der Waals surface area (Å²) in [7, 11) is 0. The summed E-state index contributed by atoms with van der Waals surface area (Å²) in [6, 6.07) is 5.91. The lowest BCUT2D eigenvalue weighted by atomic mass is 10.1. The van der Waals surface area contributed by atoms with Gasteiger partial charge in [0, 0.05) is 6.21 Å². The first kappa shape index (κ1) is 14.0. The Morgan fingerprint density at radius 2 is 1.95 bits per heavy atom. The fourth-order valence-electron chi connectivity index (χ4n) is 1.57. The Bertz CT molecular complexity index is 614. The molecule has 0 fully saturated rings. The highest BCUT2D eigenvalue weighted by molar-refractivity contribution is 5.58. The minimum atomic E-state index is -0.620. The summed E-state index contributed by atoms with van der Waals surface area (Å²) < 4.78 is 31.7. The van der Waals surface area contributed by atoms with Gasteiger partial charge in [0.1, 0.15) is 11.9 Å². The van der Waals surface area contributed by atoms with Gasteiger partial charge >= 0.3 is 6.01 Å². The summed E-state index contributed by atoms with van der Waals surface area (Å²) in [5.74, 6) is -1.02. The molecule has 0 spiro atoms. The highest BCUT2D eigenvalue weighted by atomic mass is 19.1. The van der Waals surface area contributed by atoms with Gasteiger partial charge in [-0.1, -0.05) is 12.1 Å². The Labute approximate surface area is 115 Å². The van der Waals surface area contributed by atoms with Crippen LogP contribution >= 0.6 is 0 Å². The minimum Gasteiger partial charge on any atom is -0.456 e. The van der Waals surface area contributed by atoms with Crippen molar-refractivity contribution in [3.8, 4) is 6.01 Å².